The van der Waals surface area contributed by atoms with Crippen LogP contribution in [0.4, 0.5) is 4.79 Å². The predicted octanol–water partition coefficient (Wildman–Crippen LogP) is 2.22. The number of amides is 2. The lowest BCUT2D eigenvalue weighted by molar-refractivity contribution is -0.145. The first-order valence-electron chi connectivity index (χ1n) is 9.62. The molecule has 0 bridgehead atoms. The van der Waals surface area contributed by atoms with Gasteiger partial charge in [-0.3, -0.25) is 4.79 Å². The van der Waals surface area contributed by atoms with Crippen LogP contribution in [-0.4, -0.2) is 48.9 Å². The fourth-order valence-corrected chi connectivity index (χ4v) is 2.95. The predicted molar refractivity (Wildman–Crippen MR) is 114 cm³/mol. The van der Waals surface area contributed by atoms with Crippen LogP contribution in [0.1, 0.15) is 17.5 Å². The van der Waals surface area contributed by atoms with Gasteiger partial charge in [-0.2, -0.15) is 0 Å². The Balaban J connectivity index is 1.78. The highest BCUT2D eigenvalue weighted by molar-refractivity contribution is 6.31. The van der Waals surface area contributed by atoms with Crippen molar-refractivity contribution in [3.05, 3.63) is 70.7 Å². The molecule has 0 saturated heterocycles. The SMILES string of the molecule is COC(=O)[C@@H](Cc1ccccc1Cl)NC(=O)C[C@H](O)CNC(=O)OCc1ccccc1. The lowest BCUT2D eigenvalue weighted by atomic mass is 10.1. The highest BCUT2D eigenvalue weighted by Gasteiger charge is 2.24. The van der Waals surface area contributed by atoms with E-state index in [1.807, 2.05) is 30.3 Å². The van der Waals surface area contributed by atoms with E-state index >= 15 is 0 Å². The Kier molecular flexibility index (Phi) is 9.80. The van der Waals surface area contributed by atoms with Crippen molar-refractivity contribution in [1.82, 2.24) is 10.6 Å². The van der Waals surface area contributed by atoms with Crippen LogP contribution >= 0.6 is 11.6 Å². The molecule has 0 aliphatic heterocycles. The minimum absolute atomic E-state index is 0.0894. The minimum atomic E-state index is -1.16. The van der Waals surface area contributed by atoms with Crippen molar-refractivity contribution in [2.75, 3.05) is 13.7 Å². The molecule has 166 valence electrons. The van der Waals surface area contributed by atoms with E-state index in [1.165, 1.54) is 7.11 Å². The molecule has 0 heterocycles. The number of nitrogens with one attached hydrogen (secondary N) is 2. The number of carbonyl (C=O) groups excluding carboxylic acids is 3. The summed E-state index contributed by atoms with van der Waals surface area (Å²) in [4.78, 5) is 36.0. The second-order valence-electron chi connectivity index (χ2n) is 6.74. The molecule has 0 unspecified atom stereocenters. The third-order valence-corrected chi connectivity index (χ3v) is 4.69. The first-order chi connectivity index (χ1) is 14.9. The number of benzene rings is 2. The Morgan fingerprint density at radius 2 is 1.74 bits per heavy atom. The van der Waals surface area contributed by atoms with E-state index in [4.69, 9.17) is 21.1 Å². The monoisotopic (exact) mass is 448 g/mol. The zero-order valence-corrected chi connectivity index (χ0v) is 17.8. The van der Waals surface area contributed by atoms with Crippen LogP contribution in [0.2, 0.25) is 5.02 Å². The molecule has 8 nitrogen and oxygen atoms in total. The summed E-state index contributed by atoms with van der Waals surface area (Å²) in [6, 6.07) is 15.1. The van der Waals surface area contributed by atoms with Gasteiger partial charge >= 0.3 is 12.1 Å². The molecular formula is C22H25ClN2O6. The number of hydrogen-bond donors (Lipinski definition) is 3. The van der Waals surface area contributed by atoms with E-state index in [0.29, 0.717) is 10.6 Å². The van der Waals surface area contributed by atoms with Crippen LogP contribution in [0.3, 0.4) is 0 Å². The van der Waals surface area contributed by atoms with Gasteiger partial charge in [0, 0.05) is 18.0 Å². The van der Waals surface area contributed by atoms with Crippen LogP contribution in [0.5, 0.6) is 0 Å². The number of aliphatic hydroxyl groups excluding tert-OH is 1. The zero-order valence-electron chi connectivity index (χ0n) is 17.0. The van der Waals surface area contributed by atoms with Gasteiger partial charge in [-0.15, -0.1) is 0 Å². The molecule has 0 radical (unpaired) electrons. The summed E-state index contributed by atoms with van der Waals surface area (Å²) in [5, 5.41) is 15.4. The number of methoxy groups -OCH3 is 1. The number of carbonyl (C=O) groups is 3. The average molecular weight is 449 g/mol. The van der Waals surface area contributed by atoms with Gasteiger partial charge in [0.1, 0.15) is 12.6 Å². The number of ether oxygens (including phenoxy) is 2. The molecule has 2 atom stereocenters. The molecule has 2 aromatic carbocycles. The standard InChI is InChI=1S/C22H25ClN2O6/c1-30-21(28)19(11-16-9-5-6-10-18(16)23)25-20(27)12-17(26)13-24-22(29)31-14-15-7-3-2-4-8-15/h2-10,17,19,26H,11-14H2,1H3,(H,24,29)(H,25,27)/t17-,19+/m0/s1. The largest absolute Gasteiger partial charge is 0.467 e. The van der Waals surface area contributed by atoms with Gasteiger partial charge in [0.2, 0.25) is 5.91 Å². The first kappa shape index (κ1) is 24.2. The summed E-state index contributed by atoms with van der Waals surface area (Å²) in [6.45, 7) is -0.0967. The van der Waals surface area contributed by atoms with Crippen LogP contribution in [-0.2, 0) is 32.1 Å². The van der Waals surface area contributed by atoms with Crippen LogP contribution in [0.15, 0.2) is 54.6 Å². The van der Waals surface area contributed by atoms with Crippen molar-refractivity contribution in [3.8, 4) is 0 Å². The quantitative estimate of drug-likeness (QED) is 0.480. The number of halogens is 1. The summed E-state index contributed by atoms with van der Waals surface area (Å²) in [5.74, 6) is -1.21. The highest BCUT2D eigenvalue weighted by atomic mass is 35.5. The van der Waals surface area contributed by atoms with Gasteiger partial charge in [0.05, 0.1) is 19.6 Å². The van der Waals surface area contributed by atoms with E-state index in [1.54, 1.807) is 24.3 Å². The summed E-state index contributed by atoms with van der Waals surface area (Å²) in [5.41, 5.74) is 1.49. The molecule has 0 saturated carbocycles. The lowest BCUT2D eigenvalue weighted by Crippen LogP contribution is -2.45. The topological polar surface area (TPSA) is 114 Å². The lowest BCUT2D eigenvalue weighted by Gasteiger charge is -2.18. The molecule has 2 amide bonds. The summed E-state index contributed by atoms with van der Waals surface area (Å²) in [7, 11) is 1.22. The van der Waals surface area contributed by atoms with Crippen LogP contribution in [0.25, 0.3) is 0 Å². The summed E-state index contributed by atoms with van der Waals surface area (Å²) < 4.78 is 9.78. The van der Waals surface area contributed by atoms with E-state index in [-0.39, 0.29) is 26.0 Å². The molecule has 0 spiro atoms. The Morgan fingerprint density at radius 1 is 1.06 bits per heavy atom. The fourth-order valence-electron chi connectivity index (χ4n) is 2.73. The molecule has 9 heteroatoms. The van der Waals surface area contributed by atoms with Crippen LogP contribution < -0.4 is 10.6 Å². The van der Waals surface area contributed by atoms with Crippen molar-refractivity contribution in [1.29, 1.82) is 0 Å². The van der Waals surface area contributed by atoms with Gasteiger partial charge < -0.3 is 25.2 Å². The third kappa shape index (κ3) is 8.65. The first-order valence-corrected chi connectivity index (χ1v) is 10.00. The molecule has 2 aromatic rings. The third-order valence-electron chi connectivity index (χ3n) is 4.32. The van der Waals surface area contributed by atoms with Gasteiger partial charge in [-0.05, 0) is 17.2 Å². The fraction of sp³-hybridized carbons (Fsp3) is 0.318. The second kappa shape index (κ2) is 12.6. The number of alkyl carbamates (subject to hydrolysis) is 1. The van der Waals surface area contributed by atoms with Gasteiger partial charge in [0.25, 0.3) is 0 Å². The summed E-state index contributed by atoms with van der Waals surface area (Å²) in [6.07, 6.45) is -2.06. The Labute approximate surface area is 185 Å². The normalized spacial score (nSPS) is 12.4. The molecule has 3 N–H and O–H groups in total. The van der Waals surface area contributed by atoms with Crippen molar-refractivity contribution in [2.45, 2.75) is 31.6 Å². The smallest absolute Gasteiger partial charge is 0.407 e. The molecular weight excluding hydrogens is 424 g/mol. The Morgan fingerprint density at radius 3 is 2.42 bits per heavy atom. The number of rotatable bonds is 10. The van der Waals surface area contributed by atoms with Crippen molar-refractivity contribution >= 4 is 29.6 Å². The molecule has 0 aliphatic rings. The van der Waals surface area contributed by atoms with Crippen molar-refractivity contribution in [2.24, 2.45) is 0 Å². The van der Waals surface area contributed by atoms with Gasteiger partial charge in [0.15, 0.2) is 0 Å². The van der Waals surface area contributed by atoms with E-state index in [9.17, 15) is 19.5 Å². The number of hydrogen-bond acceptors (Lipinski definition) is 6. The average Bonchev–Trinajstić information content (AvgIpc) is 2.77. The molecule has 2 rings (SSSR count). The molecule has 0 aromatic heterocycles. The second-order valence-corrected chi connectivity index (χ2v) is 7.15. The van der Waals surface area contributed by atoms with Crippen molar-refractivity contribution < 1.29 is 29.0 Å². The van der Waals surface area contributed by atoms with E-state index < -0.39 is 30.1 Å². The van der Waals surface area contributed by atoms with Gasteiger partial charge in [-0.1, -0.05) is 60.1 Å². The Hall–Kier alpha value is -3.10. The molecule has 0 aliphatic carbocycles. The zero-order chi connectivity index (χ0) is 22.6. The number of esters is 1. The number of aliphatic hydroxyl groups is 1. The maximum atomic E-state index is 12.3. The van der Waals surface area contributed by atoms with Crippen molar-refractivity contribution in [3.63, 3.8) is 0 Å². The molecule has 31 heavy (non-hydrogen) atoms. The highest BCUT2D eigenvalue weighted by Crippen LogP contribution is 2.17. The van der Waals surface area contributed by atoms with Gasteiger partial charge in [-0.25, -0.2) is 9.59 Å². The molecule has 0 fully saturated rings. The van der Waals surface area contributed by atoms with Crippen LogP contribution in [0, 0.1) is 0 Å². The maximum absolute atomic E-state index is 12.3. The maximum Gasteiger partial charge on any atom is 0.407 e. The Bertz CT molecular complexity index is 877. The van der Waals surface area contributed by atoms with E-state index in [0.717, 1.165) is 5.56 Å². The summed E-state index contributed by atoms with van der Waals surface area (Å²) >= 11 is 6.12. The minimum Gasteiger partial charge on any atom is -0.467 e. The van der Waals surface area contributed by atoms with E-state index in [2.05, 4.69) is 10.6 Å².